The number of halogens is 4. The number of nitrogens with zero attached hydrogens (tertiary/aromatic N) is 3. The number of carbonyl (C=O) groups is 1. The molecule has 1 aromatic carbocycles. The summed E-state index contributed by atoms with van der Waals surface area (Å²) in [5, 5.41) is 0. The van der Waals surface area contributed by atoms with Crippen molar-refractivity contribution < 1.29 is 35.9 Å². The molecule has 1 aliphatic rings. The predicted molar refractivity (Wildman–Crippen MR) is 101 cm³/mol. The Bertz CT molecular complexity index is 968. The standard InChI is InChI=1S/C18H18F4N4O4S/c19-14-7-12(9-23-10-14)11-25-3-5-26(6-4-25)17(27)13-1-2-15(24-31(28)29)16(8-13)30-18(20,21)22/h1-2,7-10,24H,3-6,11H2,(H,28,29)/p-1. The van der Waals surface area contributed by atoms with Gasteiger partial charge in [-0.25, -0.2) is 4.39 Å². The SMILES string of the molecule is O=C(c1ccc(NS(=O)[O-])c(OC(F)(F)F)c1)N1CCN(Cc2cncc(F)c2)CC1. The van der Waals surface area contributed by atoms with E-state index in [1.165, 1.54) is 17.0 Å². The number of alkyl halides is 3. The Labute approximate surface area is 177 Å². The molecule has 1 amide bonds. The van der Waals surface area contributed by atoms with Gasteiger partial charge in [0.05, 0.1) is 11.9 Å². The van der Waals surface area contributed by atoms with Crippen LogP contribution in [0.3, 0.4) is 0 Å². The van der Waals surface area contributed by atoms with Gasteiger partial charge < -0.3 is 18.9 Å². The first-order valence-corrected chi connectivity index (χ1v) is 10.0. The van der Waals surface area contributed by atoms with Crippen molar-refractivity contribution in [2.24, 2.45) is 0 Å². The van der Waals surface area contributed by atoms with Gasteiger partial charge in [0.15, 0.2) is 5.75 Å². The van der Waals surface area contributed by atoms with Crippen molar-refractivity contribution in [1.82, 2.24) is 14.8 Å². The van der Waals surface area contributed by atoms with Crippen LogP contribution in [0.4, 0.5) is 23.2 Å². The van der Waals surface area contributed by atoms with Crippen molar-refractivity contribution in [2.45, 2.75) is 12.9 Å². The molecule has 1 saturated heterocycles. The number of carbonyl (C=O) groups excluding carboxylic acids is 1. The van der Waals surface area contributed by atoms with Gasteiger partial charge in [0.2, 0.25) is 0 Å². The minimum atomic E-state index is -5.07. The van der Waals surface area contributed by atoms with E-state index in [1.807, 2.05) is 4.90 Å². The van der Waals surface area contributed by atoms with E-state index in [9.17, 15) is 31.1 Å². The third-order valence-corrected chi connectivity index (χ3v) is 4.86. The number of aromatic nitrogens is 1. The summed E-state index contributed by atoms with van der Waals surface area (Å²) in [6.45, 7) is 2.01. The molecule has 3 rings (SSSR count). The van der Waals surface area contributed by atoms with E-state index in [0.29, 0.717) is 38.3 Å². The number of ether oxygens (including phenoxy) is 1. The van der Waals surface area contributed by atoms with Crippen LogP contribution in [-0.4, -0.2) is 62.0 Å². The number of anilines is 1. The average Bonchev–Trinajstić information content (AvgIpc) is 2.68. The predicted octanol–water partition coefficient (Wildman–Crippen LogP) is 2.28. The molecule has 0 radical (unpaired) electrons. The van der Waals surface area contributed by atoms with E-state index in [1.54, 1.807) is 10.9 Å². The van der Waals surface area contributed by atoms with Gasteiger partial charge in [-0.1, -0.05) is 0 Å². The third-order valence-electron chi connectivity index (χ3n) is 4.47. The summed E-state index contributed by atoms with van der Waals surface area (Å²) in [4.78, 5) is 20.0. The van der Waals surface area contributed by atoms with Crippen LogP contribution in [0.15, 0.2) is 36.7 Å². The number of hydrogen-bond acceptors (Lipinski definition) is 6. The number of rotatable bonds is 6. The first kappa shape index (κ1) is 22.9. The number of piperazine rings is 1. The van der Waals surface area contributed by atoms with E-state index in [4.69, 9.17) is 0 Å². The fraction of sp³-hybridized carbons (Fsp3) is 0.333. The molecule has 1 atom stereocenters. The van der Waals surface area contributed by atoms with Gasteiger partial charge in [0, 0.05) is 55.8 Å². The van der Waals surface area contributed by atoms with Gasteiger partial charge in [-0.05, 0) is 29.8 Å². The fourth-order valence-corrected chi connectivity index (χ4v) is 3.48. The van der Waals surface area contributed by atoms with Crippen LogP contribution >= 0.6 is 0 Å². The molecule has 8 nitrogen and oxygen atoms in total. The summed E-state index contributed by atoms with van der Waals surface area (Å²) in [6, 6.07) is 4.45. The minimum absolute atomic E-state index is 0.0794. The number of nitrogens with one attached hydrogen (secondary N) is 1. The highest BCUT2D eigenvalue weighted by Gasteiger charge is 2.33. The Balaban J connectivity index is 1.67. The highest BCUT2D eigenvalue weighted by atomic mass is 32.2. The van der Waals surface area contributed by atoms with Crippen LogP contribution in [0.5, 0.6) is 5.75 Å². The number of hydrogen-bond donors (Lipinski definition) is 1. The maximum atomic E-state index is 13.3. The molecule has 1 unspecified atom stereocenters. The van der Waals surface area contributed by atoms with Gasteiger partial charge in [0.1, 0.15) is 5.82 Å². The summed E-state index contributed by atoms with van der Waals surface area (Å²) in [5.74, 6) is -1.80. The second kappa shape index (κ2) is 9.58. The number of benzene rings is 1. The zero-order valence-corrected chi connectivity index (χ0v) is 16.7. The molecular formula is C18H17F4N4O4S-. The molecule has 0 bridgehead atoms. The molecular weight excluding hydrogens is 444 g/mol. The van der Waals surface area contributed by atoms with Gasteiger partial charge in [-0.2, -0.15) is 0 Å². The van der Waals surface area contributed by atoms with E-state index in [0.717, 1.165) is 18.3 Å². The molecule has 13 heteroatoms. The number of amides is 1. The third kappa shape index (κ3) is 6.60. The first-order chi connectivity index (χ1) is 14.6. The smallest absolute Gasteiger partial charge is 0.573 e. The number of pyridine rings is 1. The average molecular weight is 461 g/mol. The molecule has 1 aromatic heterocycles. The molecule has 31 heavy (non-hydrogen) atoms. The monoisotopic (exact) mass is 461 g/mol. The van der Waals surface area contributed by atoms with Crippen molar-refractivity contribution in [2.75, 3.05) is 30.9 Å². The summed E-state index contributed by atoms with van der Waals surface area (Å²) < 4.78 is 78.5. The molecule has 168 valence electrons. The van der Waals surface area contributed by atoms with Crippen LogP contribution in [0.1, 0.15) is 15.9 Å². The molecule has 1 N–H and O–H groups in total. The largest absolute Gasteiger partial charge is 0.755 e. The second-order valence-electron chi connectivity index (χ2n) is 6.68. The van der Waals surface area contributed by atoms with E-state index in [-0.39, 0.29) is 5.56 Å². The fourth-order valence-electron chi connectivity index (χ4n) is 3.13. The summed E-state index contributed by atoms with van der Waals surface area (Å²) in [5.41, 5.74) is 0.160. The lowest BCUT2D eigenvalue weighted by Crippen LogP contribution is -2.48. The summed E-state index contributed by atoms with van der Waals surface area (Å²) in [7, 11) is 0. The van der Waals surface area contributed by atoms with Crippen LogP contribution in [0, 0.1) is 5.82 Å². The minimum Gasteiger partial charge on any atom is -0.755 e. The Morgan fingerprint density at radius 3 is 2.52 bits per heavy atom. The van der Waals surface area contributed by atoms with Crippen molar-refractivity contribution in [1.29, 1.82) is 0 Å². The van der Waals surface area contributed by atoms with Crippen molar-refractivity contribution in [3.05, 3.63) is 53.6 Å². The van der Waals surface area contributed by atoms with Crippen molar-refractivity contribution in [3.63, 3.8) is 0 Å². The van der Waals surface area contributed by atoms with E-state index >= 15 is 0 Å². The second-order valence-corrected chi connectivity index (χ2v) is 7.35. The van der Waals surface area contributed by atoms with E-state index < -0.39 is 40.8 Å². The lowest BCUT2D eigenvalue weighted by Gasteiger charge is -2.34. The maximum Gasteiger partial charge on any atom is 0.573 e. The first-order valence-electron chi connectivity index (χ1n) is 8.97. The maximum absolute atomic E-state index is 13.3. The van der Waals surface area contributed by atoms with Crippen LogP contribution < -0.4 is 9.46 Å². The van der Waals surface area contributed by atoms with E-state index in [2.05, 4.69) is 9.72 Å². The molecule has 1 fully saturated rings. The molecule has 1 aliphatic heterocycles. The Kier molecular flexibility index (Phi) is 7.08. The lowest BCUT2D eigenvalue weighted by atomic mass is 10.1. The van der Waals surface area contributed by atoms with Gasteiger partial charge in [0.25, 0.3) is 5.91 Å². The Morgan fingerprint density at radius 1 is 1.19 bits per heavy atom. The zero-order valence-electron chi connectivity index (χ0n) is 15.9. The zero-order chi connectivity index (χ0) is 22.6. The quantitative estimate of drug-likeness (QED) is 0.524. The van der Waals surface area contributed by atoms with Crippen molar-refractivity contribution in [3.8, 4) is 5.75 Å². The molecule has 0 spiro atoms. The van der Waals surface area contributed by atoms with Crippen LogP contribution in [0.2, 0.25) is 0 Å². The van der Waals surface area contributed by atoms with Gasteiger partial charge in [-0.15, -0.1) is 13.2 Å². The molecule has 0 saturated carbocycles. The molecule has 2 aromatic rings. The van der Waals surface area contributed by atoms with Crippen LogP contribution in [0.25, 0.3) is 0 Å². The van der Waals surface area contributed by atoms with Crippen molar-refractivity contribution >= 4 is 22.9 Å². The highest BCUT2D eigenvalue weighted by molar-refractivity contribution is 7.80. The normalized spacial score (nSPS) is 16.1. The van der Waals surface area contributed by atoms with Gasteiger partial charge in [-0.3, -0.25) is 18.9 Å². The Morgan fingerprint density at radius 2 is 1.90 bits per heavy atom. The summed E-state index contributed by atoms with van der Waals surface area (Å²) in [6.07, 6.45) is -2.42. The highest BCUT2D eigenvalue weighted by Crippen LogP contribution is 2.32. The topological polar surface area (TPSA) is 97.8 Å². The summed E-state index contributed by atoms with van der Waals surface area (Å²) >= 11 is -2.88. The molecule has 0 aliphatic carbocycles. The van der Waals surface area contributed by atoms with Gasteiger partial charge >= 0.3 is 6.36 Å². The lowest BCUT2D eigenvalue weighted by molar-refractivity contribution is -0.274. The van der Waals surface area contributed by atoms with Crippen LogP contribution in [-0.2, 0) is 17.8 Å². The molecule has 2 heterocycles. The Hall–Kier alpha value is -2.77.